The summed E-state index contributed by atoms with van der Waals surface area (Å²) in [5.74, 6) is 0. The van der Waals surface area contributed by atoms with Crippen LogP contribution in [0.5, 0.6) is 0 Å². The summed E-state index contributed by atoms with van der Waals surface area (Å²) in [6, 6.07) is 3.29. The number of carbonyl (C=O) groups is 1. The number of thioether (sulfide) groups is 1. The van der Waals surface area contributed by atoms with E-state index >= 15 is 0 Å². The Labute approximate surface area is 169 Å². The number of hydroxylamine groups is 2. The van der Waals surface area contributed by atoms with E-state index in [0.717, 1.165) is 36.3 Å². The van der Waals surface area contributed by atoms with Crippen molar-refractivity contribution in [2.45, 2.75) is 62.9 Å². The second-order valence-electron chi connectivity index (χ2n) is 7.35. The van der Waals surface area contributed by atoms with Crippen molar-refractivity contribution in [3.8, 4) is 0 Å². The molecule has 0 radical (unpaired) electrons. The number of aromatic nitrogens is 1. The first-order valence-corrected chi connectivity index (χ1v) is 10.4. The van der Waals surface area contributed by atoms with Gasteiger partial charge in [-0.15, -0.1) is 0 Å². The predicted molar refractivity (Wildman–Crippen MR) is 111 cm³/mol. The van der Waals surface area contributed by atoms with Crippen molar-refractivity contribution in [2.75, 3.05) is 0 Å². The summed E-state index contributed by atoms with van der Waals surface area (Å²) in [4.78, 5) is 16.7. The van der Waals surface area contributed by atoms with Gasteiger partial charge in [0, 0.05) is 24.0 Å². The van der Waals surface area contributed by atoms with Crippen molar-refractivity contribution >= 4 is 40.5 Å². The predicted octanol–water partition coefficient (Wildman–Crippen LogP) is 3.59. The lowest BCUT2D eigenvalue weighted by Gasteiger charge is -2.35. The minimum Gasteiger partial charge on any atom is -0.333 e. The molecule has 0 spiro atoms. The van der Waals surface area contributed by atoms with Crippen LogP contribution in [0, 0.1) is 0 Å². The first-order chi connectivity index (χ1) is 12.9. The van der Waals surface area contributed by atoms with Gasteiger partial charge in [-0.3, -0.25) is 10.2 Å². The number of rotatable bonds is 4. The first kappa shape index (κ1) is 20.0. The van der Waals surface area contributed by atoms with Crippen molar-refractivity contribution in [3.05, 3.63) is 30.1 Å². The van der Waals surface area contributed by atoms with Gasteiger partial charge in [-0.05, 0) is 32.8 Å². The number of thiocarbonyl (C=S) groups is 1. The molecule has 0 bridgehead atoms. The van der Waals surface area contributed by atoms with Crippen molar-refractivity contribution < 1.29 is 10.0 Å². The van der Waals surface area contributed by atoms with Crippen molar-refractivity contribution in [3.63, 3.8) is 0 Å². The van der Waals surface area contributed by atoms with E-state index < -0.39 is 16.9 Å². The molecule has 2 amide bonds. The summed E-state index contributed by atoms with van der Waals surface area (Å²) in [5.41, 5.74) is 0.810. The highest BCUT2D eigenvalue weighted by Crippen LogP contribution is 2.42. The number of urea groups is 1. The lowest BCUT2D eigenvalue weighted by Crippen LogP contribution is -2.57. The highest BCUT2D eigenvalue weighted by Gasteiger charge is 2.50. The summed E-state index contributed by atoms with van der Waals surface area (Å²) in [7, 11) is 0. The minimum absolute atomic E-state index is 0.109. The van der Waals surface area contributed by atoms with Crippen molar-refractivity contribution in [1.29, 1.82) is 0 Å². The smallest absolute Gasteiger partial charge is 0.333 e. The van der Waals surface area contributed by atoms with Gasteiger partial charge in [-0.25, -0.2) is 9.80 Å². The number of nitrogens with one attached hydrogen (secondary N) is 1. The second kappa shape index (κ2) is 8.53. The van der Waals surface area contributed by atoms with Crippen LogP contribution in [0.15, 0.2) is 29.6 Å². The molecule has 1 aliphatic carbocycles. The molecule has 3 rings (SSSR count). The molecule has 2 N–H and O–H groups in total. The average molecular weight is 408 g/mol. The Morgan fingerprint density at radius 2 is 2.22 bits per heavy atom. The standard InChI is InChI=1S/C18H25N5O2S2/c1-18(2)15(23(25)16(24)21-14-8-4-3-5-9-14)22(17(26)27-18)20-12-13-7-6-10-19-11-13/h6-7,10-12,14-15,25H,3-5,8-9H2,1-2H3,(H,21,24)/b20-12-/t15-/m1/s1. The molecule has 7 nitrogen and oxygen atoms in total. The van der Waals surface area contributed by atoms with Gasteiger partial charge < -0.3 is 5.32 Å². The van der Waals surface area contributed by atoms with E-state index in [1.165, 1.54) is 23.2 Å². The fraction of sp³-hybridized carbons (Fsp3) is 0.556. The summed E-state index contributed by atoms with van der Waals surface area (Å²) in [6.07, 6.45) is 9.60. The zero-order chi connectivity index (χ0) is 19.4. The van der Waals surface area contributed by atoms with Crippen LogP contribution < -0.4 is 5.32 Å². The van der Waals surface area contributed by atoms with Gasteiger partial charge in [0.2, 0.25) is 0 Å². The van der Waals surface area contributed by atoms with Gasteiger partial charge in [0.25, 0.3) is 0 Å². The van der Waals surface area contributed by atoms with Gasteiger partial charge in [-0.2, -0.15) is 10.2 Å². The molecule has 0 unspecified atom stereocenters. The maximum absolute atomic E-state index is 12.6. The molecular weight excluding hydrogens is 382 g/mol. The Bertz CT molecular complexity index is 707. The van der Waals surface area contributed by atoms with Crippen LogP contribution in [0.2, 0.25) is 0 Å². The number of carbonyl (C=O) groups excluding carboxylic acids is 1. The highest BCUT2D eigenvalue weighted by atomic mass is 32.2. The largest absolute Gasteiger partial charge is 0.343 e. The normalized spacial score (nSPS) is 23.0. The Morgan fingerprint density at radius 3 is 2.89 bits per heavy atom. The molecule has 1 saturated heterocycles. The zero-order valence-corrected chi connectivity index (χ0v) is 17.2. The van der Waals surface area contributed by atoms with Crippen molar-refractivity contribution in [2.24, 2.45) is 5.10 Å². The molecule has 2 heterocycles. The molecule has 2 aliphatic rings. The highest BCUT2D eigenvalue weighted by molar-refractivity contribution is 8.24. The van der Waals surface area contributed by atoms with E-state index in [0.29, 0.717) is 4.32 Å². The molecule has 1 aromatic rings. The molecule has 1 saturated carbocycles. The maximum Gasteiger partial charge on any atom is 0.343 e. The summed E-state index contributed by atoms with van der Waals surface area (Å²) in [6.45, 7) is 3.87. The third-order valence-electron chi connectivity index (χ3n) is 4.78. The number of nitrogens with zero attached hydrogens (tertiary/aromatic N) is 4. The molecule has 1 aromatic heterocycles. The third kappa shape index (κ3) is 4.77. The van der Waals surface area contributed by atoms with E-state index in [1.807, 2.05) is 26.0 Å². The minimum atomic E-state index is -0.702. The fourth-order valence-electron chi connectivity index (χ4n) is 3.41. The number of amides is 2. The first-order valence-electron chi connectivity index (χ1n) is 9.13. The van der Waals surface area contributed by atoms with E-state index in [-0.39, 0.29) is 6.04 Å². The topological polar surface area (TPSA) is 81.1 Å². The second-order valence-corrected chi connectivity index (χ2v) is 9.64. The summed E-state index contributed by atoms with van der Waals surface area (Å²) >= 11 is 6.85. The Morgan fingerprint density at radius 1 is 1.48 bits per heavy atom. The molecule has 2 fully saturated rings. The van der Waals surface area contributed by atoms with Gasteiger partial charge in [0.05, 0.1) is 11.0 Å². The van der Waals surface area contributed by atoms with Gasteiger partial charge >= 0.3 is 6.03 Å². The third-order valence-corrected chi connectivity index (χ3v) is 6.31. The van der Waals surface area contributed by atoms with Gasteiger partial charge in [-0.1, -0.05) is 49.3 Å². The Kier molecular flexibility index (Phi) is 6.33. The molecule has 0 aromatic carbocycles. The average Bonchev–Trinajstić information content (AvgIpc) is 2.88. The monoisotopic (exact) mass is 407 g/mol. The number of hydrazone groups is 1. The van der Waals surface area contributed by atoms with Crippen LogP contribution >= 0.6 is 24.0 Å². The summed E-state index contributed by atoms with van der Waals surface area (Å²) in [5, 5.41) is 20.3. The van der Waals surface area contributed by atoms with E-state index in [1.54, 1.807) is 18.6 Å². The number of pyridine rings is 1. The van der Waals surface area contributed by atoms with Crippen LogP contribution in [-0.4, -0.2) is 53.8 Å². The number of hydrogen-bond acceptors (Lipinski definition) is 6. The molecule has 1 atom stereocenters. The van der Waals surface area contributed by atoms with E-state index in [9.17, 15) is 10.0 Å². The lowest BCUT2D eigenvalue weighted by molar-refractivity contribution is -0.119. The van der Waals surface area contributed by atoms with E-state index in [2.05, 4.69) is 15.4 Å². The van der Waals surface area contributed by atoms with Gasteiger partial charge in [0.1, 0.15) is 0 Å². The van der Waals surface area contributed by atoms with Crippen LogP contribution in [0.4, 0.5) is 4.79 Å². The molecule has 146 valence electrons. The zero-order valence-electron chi connectivity index (χ0n) is 15.5. The van der Waals surface area contributed by atoms with Crippen LogP contribution in [0.1, 0.15) is 51.5 Å². The number of hydrogen-bond donors (Lipinski definition) is 2. The quantitative estimate of drug-likeness (QED) is 0.344. The summed E-state index contributed by atoms with van der Waals surface area (Å²) < 4.78 is -0.00295. The van der Waals surface area contributed by atoms with Crippen LogP contribution in [0.3, 0.4) is 0 Å². The molecule has 9 heteroatoms. The van der Waals surface area contributed by atoms with Crippen molar-refractivity contribution in [1.82, 2.24) is 20.4 Å². The van der Waals surface area contributed by atoms with Crippen LogP contribution in [-0.2, 0) is 0 Å². The fourth-order valence-corrected chi connectivity index (χ4v) is 5.19. The Balaban J connectivity index is 1.75. The van der Waals surface area contributed by atoms with Crippen LogP contribution in [0.25, 0.3) is 0 Å². The van der Waals surface area contributed by atoms with Gasteiger partial charge in [0.15, 0.2) is 10.5 Å². The molecule has 1 aliphatic heterocycles. The lowest BCUT2D eigenvalue weighted by atomic mass is 9.96. The molecule has 27 heavy (non-hydrogen) atoms. The Hall–Kier alpha value is -1.71. The van der Waals surface area contributed by atoms with E-state index in [4.69, 9.17) is 12.2 Å². The SMILES string of the molecule is CC1(C)SC(=S)N(/N=C\c2cccnc2)[C@@H]1N(O)C(=O)NC1CCCCC1. The maximum atomic E-state index is 12.6. The molecular formula is C18H25N5O2S2.